The lowest BCUT2D eigenvalue weighted by atomic mass is 10.1. The van der Waals surface area contributed by atoms with Crippen LogP contribution in [0.3, 0.4) is 0 Å². The highest BCUT2D eigenvalue weighted by Gasteiger charge is 2.21. The number of benzene rings is 1. The minimum Gasteiger partial charge on any atom is -0.398 e. The van der Waals surface area contributed by atoms with E-state index in [-0.39, 0.29) is 10.9 Å². The maximum absolute atomic E-state index is 12.5. The molecule has 21 heavy (non-hydrogen) atoms. The SMILES string of the molecule is Cc1cc(N)c(C)c(S(=O)(=O)NC(C)Cn2cccn2)c1. The number of aromatic nitrogens is 2. The lowest BCUT2D eigenvalue weighted by Crippen LogP contribution is -2.36. The summed E-state index contributed by atoms with van der Waals surface area (Å²) >= 11 is 0. The Hall–Kier alpha value is -1.86. The molecule has 0 radical (unpaired) electrons. The van der Waals surface area contributed by atoms with Gasteiger partial charge in [0, 0.05) is 24.1 Å². The average molecular weight is 308 g/mol. The molecule has 0 spiro atoms. The first-order chi connectivity index (χ1) is 9.79. The van der Waals surface area contributed by atoms with Gasteiger partial charge in [0.25, 0.3) is 0 Å². The highest BCUT2D eigenvalue weighted by molar-refractivity contribution is 7.89. The summed E-state index contributed by atoms with van der Waals surface area (Å²) < 4.78 is 29.3. The quantitative estimate of drug-likeness (QED) is 0.818. The topological polar surface area (TPSA) is 90.0 Å². The van der Waals surface area contributed by atoms with Gasteiger partial charge in [-0.25, -0.2) is 13.1 Å². The van der Waals surface area contributed by atoms with Gasteiger partial charge in [0.2, 0.25) is 10.0 Å². The number of sulfonamides is 1. The number of nitrogens with one attached hydrogen (secondary N) is 1. The van der Waals surface area contributed by atoms with Crippen molar-refractivity contribution < 1.29 is 8.42 Å². The van der Waals surface area contributed by atoms with Gasteiger partial charge in [0.1, 0.15) is 0 Å². The molecule has 0 saturated carbocycles. The van der Waals surface area contributed by atoms with E-state index in [1.54, 1.807) is 49.1 Å². The average Bonchev–Trinajstić information content (AvgIpc) is 2.85. The molecular formula is C14H20N4O2S. The summed E-state index contributed by atoms with van der Waals surface area (Å²) in [5.41, 5.74) is 7.72. The lowest BCUT2D eigenvalue weighted by Gasteiger charge is -2.17. The zero-order valence-electron chi connectivity index (χ0n) is 12.4. The summed E-state index contributed by atoms with van der Waals surface area (Å²) in [6.45, 7) is 5.80. The molecular weight excluding hydrogens is 288 g/mol. The summed E-state index contributed by atoms with van der Waals surface area (Å²) in [6.07, 6.45) is 3.45. The first-order valence-electron chi connectivity index (χ1n) is 6.66. The van der Waals surface area contributed by atoms with Crippen LogP contribution in [0.5, 0.6) is 0 Å². The first-order valence-corrected chi connectivity index (χ1v) is 8.14. The molecule has 0 aliphatic rings. The number of nitrogens with zero attached hydrogens (tertiary/aromatic N) is 2. The van der Waals surface area contributed by atoms with Crippen LogP contribution in [0.4, 0.5) is 5.69 Å². The van der Waals surface area contributed by atoms with E-state index < -0.39 is 10.0 Å². The summed E-state index contributed by atoms with van der Waals surface area (Å²) in [7, 11) is -3.61. The minimum absolute atomic E-state index is 0.229. The summed E-state index contributed by atoms with van der Waals surface area (Å²) in [5, 5.41) is 4.07. The molecule has 114 valence electrons. The number of nitrogen functional groups attached to an aromatic ring is 1. The Kier molecular flexibility index (Phi) is 4.34. The fourth-order valence-electron chi connectivity index (χ4n) is 2.19. The van der Waals surface area contributed by atoms with Crippen LogP contribution in [0.25, 0.3) is 0 Å². The molecule has 0 aliphatic carbocycles. The van der Waals surface area contributed by atoms with Crippen LogP contribution in [-0.2, 0) is 16.6 Å². The maximum Gasteiger partial charge on any atom is 0.241 e. The highest BCUT2D eigenvalue weighted by atomic mass is 32.2. The van der Waals surface area contributed by atoms with Gasteiger partial charge in [0.05, 0.1) is 11.4 Å². The summed E-state index contributed by atoms with van der Waals surface area (Å²) in [4.78, 5) is 0.229. The molecule has 0 fully saturated rings. The molecule has 2 rings (SSSR count). The molecule has 1 atom stereocenters. The fraction of sp³-hybridized carbons (Fsp3) is 0.357. The van der Waals surface area contributed by atoms with Crippen molar-refractivity contribution in [3.8, 4) is 0 Å². The second-order valence-electron chi connectivity index (χ2n) is 5.23. The van der Waals surface area contributed by atoms with Crippen LogP contribution in [0, 0.1) is 13.8 Å². The number of rotatable bonds is 5. The Labute approximate surface area is 125 Å². The van der Waals surface area contributed by atoms with Gasteiger partial charge in [-0.1, -0.05) is 0 Å². The second kappa shape index (κ2) is 5.87. The van der Waals surface area contributed by atoms with E-state index in [9.17, 15) is 8.42 Å². The van der Waals surface area contributed by atoms with Crippen molar-refractivity contribution in [1.29, 1.82) is 0 Å². The van der Waals surface area contributed by atoms with E-state index in [2.05, 4.69) is 9.82 Å². The van der Waals surface area contributed by atoms with E-state index in [4.69, 9.17) is 5.73 Å². The smallest absolute Gasteiger partial charge is 0.241 e. The van der Waals surface area contributed by atoms with Crippen molar-refractivity contribution in [2.75, 3.05) is 5.73 Å². The van der Waals surface area contributed by atoms with Gasteiger partial charge in [-0.3, -0.25) is 4.68 Å². The van der Waals surface area contributed by atoms with Gasteiger partial charge in [-0.2, -0.15) is 5.10 Å². The molecule has 1 heterocycles. The first kappa shape index (κ1) is 15.5. The summed E-state index contributed by atoms with van der Waals surface area (Å²) in [5.74, 6) is 0. The number of anilines is 1. The van der Waals surface area contributed by atoms with Crippen molar-refractivity contribution in [2.45, 2.75) is 38.3 Å². The highest BCUT2D eigenvalue weighted by Crippen LogP contribution is 2.23. The molecule has 2 aromatic rings. The zero-order valence-corrected chi connectivity index (χ0v) is 13.2. The van der Waals surface area contributed by atoms with Crippen LogP contribution in [0.15, 0.2) is 35.5 Å². The lowest BCUT2D eigenvalue weighted by molar-refractivity contribution is 0.493. The van der Waals surface area contributed by atoms with Crippen LogP contribution < -0.4 is 10.5 Å². The third-order valence-electron chi connectivity index (χ3n) is 3.21. The number of hydrogen-bond acceptors (Lipinski definition) is 4. The monoisotopic (exact) mass is 308 g/mol. The Morgan fingerprint density at radius 1 is 1.38 bits per heavy atom. The molecule has 1 aromatic carbocycles. The van der Waals surface area contributed by atoms with Crippen molar-refractivity contribution in [3.05, 3.63) is 41.7 Å². The molecule has 7 heteroatoms. The molecule has 0 aliphatic heterocycles. The number of hydrogen-bond donors (Lipinski definition) is 2. The standard InChI is InChI=1S/C14H20N4O2S/c1-10-7-13(15)12(3)14(8-10)21(19,20)17-11(2)9-18-6-4-5-16-18/h4-8,11,17H,9,15H2,1-3H3. The molecule has 0 saturated heterocycles. The summed E-state index contributed by atoms with van der Waals surface area (Å²) in [6, 6.07) is 4.92. The molecule has 0 bridgehead atoms. The molecule has 6 nitrogen and oxygen atoms in total. The largest absolute Gasteiger partial charge is 0.398 e. The van der Waals surface area contributed by atoms with Gasteiger partial charge < -0.3 is 5.73 Å². The number of aryl methyl sites for hydroxylation is 1. The maximum atomic E-state index is 12.5. The fourth-order valence-corrected chi connectivity index (χ4v) is 3.78. The van der Waals surface area contributed by atoms with Crippen molar-refractivity contribution in [1.82, 2.24) is 14.5 Å². The molecule has 1 unspecified atom stereocenters. The molecule has 3 N–H and O–H groups in total. The van der Waals surface area contributed by atoms with E-state index in [1.165, 1.54) is 0 Å². The van der Waals surface area contributed by atoms with E-state index >= 15 is 0 Å². The van der Waals surface area contributed by atoms with E-state index in [1.807, 2.05) is 6.92 Å². The van der Waals surface area contributed by atoms with Crippen molar-refractivity contribution in [3.63, 3.8) is 0 Å². The second-order valence-corrected chi connectivity index (χ2v) is 6.91. The van der Waals surface area contributed by atoms with Gasteiger partial charge in [0.15, 0.2) is 0 Å². The van der Waals surface area contributed by atoms with Crippen LogP contribution in [0.1, 0.15) is 18.1 Å². The van der Waals surface area contributed by atoms with Gasteiger partial charge >= 0.3 is 0 Å². The van der Waals surface area contributed by atoms with Crippen molar-refractivity contribution >= 4 is 15.7 Å². The normalized spacial score (nSPS) is 13.3. The zero-order chi connectivity index (χ0) is 15.6. The van der Waals surface area contributed by atoms with Gasteiger partial charge in [-0.15, -0.1) is 0 Å². The van der Waals surface area contributed by atoms with Crippen LogP contribution in [0.2, 0.25) is 0 Å². The van der Waals surface area contributed by atoms with Crippen molar-refractivity contribution in [2.24, 2.45) is 0 Å². The van der Waals surface area contributed by atoms with Crippen LogP contribution in [-0.4, -0.2) is 24.2 Å². The molecule has 1 aromatic heterocycles. The molecule has 0 amide bonds. The predicted molar refractivity (Wildman–Crippen MR) is 82.3 cm³/mol. The van der Waals surface area contributed by atoms with Gasteiger partial charge in [-0.05, 0) is 50.1 Å². The Balaban J connectivity index is 2.22. The van der Waals surface area contributed by atoms with E-state index in [0.29, 0.717) is 17.8 Å². The Bertz CT molecular complexity index is 724. The number of nitrogens with two attached hydrogens (primary N) is 1. The Morgan fingerprint density at radius 3 is 2.71 bits per heavy atom. The van der Waals surface area contributed by atoms with E-state index in [0.717, 1.165) is 5.56 Å². The third kappa shape index (κ3) is 3.62. The predicted octanol–water partition coefficient (Wildman–Crippen LogP) is 1.45. The third-order valence-corrected chi connectivity index (χ3v) is 4.93. The Morgan fingerprint density at radius 2 is 2.10 bits per heavy atom. The minimum atomic E-state index is -3.61. The van der Waals surface area contributed by atoms with Crippen LogP contribution >= 0.6 is 0 Å².